The van der Waals surface area contributed by atoms with Gasteiger partial charge in [0, 0.05) is 5.56 Å². The first-order valence-corrected chi connectivity index (χ1v) is 9.39. The highest BCUT2D eigenvalue weighted by atomic mass is 127. The Morgan fingerprint density at radius 2 is 1.66 bits per heavy atom. The van der Waals surface area contributed by atoms with Gasteiger partial charge < -0.3 is 14.2 Å². The van der Waals surface area contributed by atoms with E-state index >= 15 is 0 Å². The van der Waals surface area contributed by atoms with E-state index in [1.165, 1.54) is 32.1 Å². The zero-order valence-electron chi connectivity index (χ0n) is 15.7. The molecule has 0 saturated carbocycles. The van der Waals surface area contributed by atoms with Gasteiger partial charge in [0.2, 0.25) is 0 Å². The molecule has 1 heterocycles. The minimum Gasteiger partial charge on any atom is -0.493 e. The Balaban J connectivity index is 2.42. The Bertz CT molecular complexity index is 1080. The van der Waals surface area contributed by atoms with Crippen LogP contribution in [0.3, 0.4) is 0 Å². The van der Waals surface area contributed by atoms with Crippen LogP contribution in [0.1, 0.15) is 20.8 Å². The molecule has 0 fully saturated rings. The van der Waals surface area contributed by atoms with E-state index in [4.69, 9.17) is 14.2 Å². The highest BCUT2D eigenvalue weighted by Gasteiger charge is 2.33. The largest absolute Gasteiger partial charge is 0.493 e. The van der Waals surface area contributed by atoms with Crippen LogP contribution in [0.25, 0.3) is 16.9 Å². The van der Waals surface area contributed by atoms with E-state index in [9.17, 15) is 14.0 Å². The van der Waals surface area contributed by atoms with Crippen molar-refractivity contribution in [3.05, 3.63) is 63.1 Å². The van der Waals surface area contributed by atoms with Gasteiger partial charge in [-0.25, -0.2) is 18.7 Å². The summed E-state index contributed by atoms with van der Waals surface area (Å²) in [6.45, 7) is 0. The Hall–Kier alpha value is -2.95. The smallest absolute Gasteiger partial charge is 0.357 e. The number of aromatic nitrogens is 2. The molecule has 9 heteroatoms. The zero-order valence-corrected chi connectivity index (χ0v) is 17.9. The molecular formula is C20H16FIN2O5. The highest BCUT2D eigenvalue weighted by molar-refractivity contribution is 14.1. The average molecular weight is 510 g/mol. The number of methoxy groups -OCH3 is 3. The molecule has 0 amide bonds. The van der Waals surface area contributed by atoms with Crippen molar-refractivity contribution in [2.24, 2.45) is 0 Å². The van der Waals surface area contributed by atoms with Crippen LogP contribution >= 0.6 is 22.6 Å². The first-order valence-electron chi connectivity index (χ1n) is 8.32. The van der Waals surface area contributed by atoms with Gasteiger partial charge in [-0.15, -0.1) is 0 Å². The van der Waals surface area contributed by atoms with Crippen molar-refractivity contribution >= 4 is 34.5 Å². The molecule has 0 unspecified atom stereocenters. The van der Waals surface area contributed by atoms with E-state index in [0.717, 1.165) is 0 Å². The van der Waals surface area contributed by atoms with E-state index in [2.05, 4.69) is 5.10 Å². The molecule has 0 aliphatic carbocycles. The highest BCUT2D eigenvalue weighted by Crippen LogP contribution is 2.37. The topological polar surface area (TPSA) is 79.7 Å². The third-order valence-corrected chi connectivity index (χ3v) is 5.00. The van der Waals surface area contributed by atoms with Gasteiger partial charge in [0.15, 0.2) is 17.3 Å². The monoisotopic (exact) mass is 510 g/mol. The molecule has 1 aromatic heterocycles. The lowest BCUT2D eigenvalue weighted by molar-refractivity contribution is 0.0549. The first kappa shape index (κ1) is 20.8. The van der Waals surface area contributed by atoms with Gasteiger partial charge in [0.1, 0.15) is 11.3 Å². The third kappa shape index (κ3) is 3.69. The molecule has 29 heavy (non-hydrogen) atoms. The average Bonchev–Trinajstić information content (AvgIpc) is 3.15. The summed E-state index contributed by atoms with van der Waals surface area (Å²) >= 11 is 1.83. The Kier molecular flexibility index (Phi) is 6.16. The maximum Gasteiger partial charge on any atom is 0.357 e. The van der Waals surface area contributed by atoms with Crippen LogP contribution in [0.5, 0.6) is 5.75 Å². The number of halogens is 2. The first-order chi connectivity index (χ1) is 13.9. The van der Waals surface area contributed by atoms with Crippen LogP contribution in [-0.4, -0.2) is 43.0 Å². The number of rotatable bonds is 5. The van der Waals surface area contributed by atoms with Crippen LogP contribution < -0.4 is 4.74 Å². The molecule has 150 valence electrons. The van der Waals surface area contributed by atoms with E-state index < -0.39 is 17.8 Å². The van der Waals surface area contributed by atoms with Crippen LogP contribution in [0, 0.1) is 9.39 Å². The van der Waals surface area contributed by atoms with Crippen LogP contribution in [0.15, 0.2) is 42.5 Å². The fraction of sp³-hybridized carbons (Fsp3) is 0.150. The number of esters is 2. The molecule has 7 nitrogen and oxygen atoms in total. The van der Waals surface area contributed by atoms with Crippen LogP contribution in [0.2, 0.25) is 0 Å². The summed E-state index contributed by atoms with van der Waals surface area (Å²) in [5.74, 6) is -2.31. The van der Waals surface area contributed by atoms with Gasteiger partial charge in [0.25, 0.3) is 0 Å². The molecule has 0 aliphatic rings. The van der Waals surface area contributed by atoms with Gasteiger partial charge in [-0.05, 0) is 46.9 Å². The maximum atomic E-state index is 14.6. The van der Waals surface area contributed by atoms with E-state index in [1.54, 1.807) is 36.4 Å². The van der Waals surface area contributed by atoms with Gasteiger partial charge in [0.05, 0.1) is 30.6 Å². The lowest BCUT2D eigenvalue weighted by Crippen LogP contribution is -2.15. The number of carbonyl (C=O) groups is 2. The Morgan fingerprint density at radius 1 is 1.00 bits per heavy atom. The summed E-state index contributed by atoms with van der Waals surface area (Å²) in [6.07, 6.45) is 0. The molecule has 3 aromatic rings. The summed E-state index contributed by atoms with van der Waals surface area (Å²) in [7, 11) is 3.68. The molecule has 0 aliphatic heterocycles. The number of benzene rings is 2. The van der Waals surface area contributed by atoms with Crippen LogP contribution in [0.4, 0.5) is 4.39 Å². The fourth-order valence-electron chi connectivity index (χ4n) is 2.86. The summed E-state index contributed by atoms with van der Waals surface area (Å²) in [5, 5.41) is 4.43. The van der Waals surface area contributed by atoms with Crippen LogP contribution in [-0.2, 0) is 9.47 Å². The summed E-state index contributed by atoms with van der Waals surface area (Å²) in [4.78, 5) is 25.2. The molecule has 0 N–H and O–H groups in total. The van der Waals surface area contributed by atoms with Crippen molar-refractivity contribution in [2.75, 3.05) is 21.3 Å². The van der Waals surface area contributed by atoms with Crippen molar-refractivity contribution in [3.8, 4) is 22.7 Å². The molecule has 0 saturated heterocycles. The number of para-hydroxylation sites is 1. The SMILES string of the molecule is COC(=O)c1c(-c2ccc(I)c(F)c2OC)nn(-c2ccccc2)c1C(=O)OC. The van der Waals surface area contributed by atoms with Crippen molar-refractivity contribution in [2.45, 2.75) is 0 Å². The van der Waals surface area contributed by atoms with Crippen molar-refractivity contribution in [1.29, 1.82) is 0 Å². The number of hydrogen-bond acceptors (Lipinski definition) is 6. The standard InChI is InChI=1S/C20H16FIN2O5/c1-27-18-12(9-10-13(22)15(18)21)16-14(19(25)28-2)17(20(26)29-3)24(23-16)11-7-5-4-6-8-11/h4-10H,1-3H3. The predicted molar refractivity (Wildman–Crippen MR) is 111 cm³/mol. The van der Waals surface area contributed by atoms with Crippen molar-refractivity contribution in [3.63, 3.8) is 0 Å². The normalized spacial score (nSPS) is 10.5. The van der Waals surface area contributed by atoms with E-state index in [1.807, 2.05) is 22.6 Å². The predicted octanol–water partition coefficient (Wildman–Crippen LogP) is 3.86. The minimum absolute atomic E-state index is 0.0354. The van der Waals surface area contributed by atoms with Gasteiger partial charge in [-0.3, -0.25) is 0 Å². The molecular weight excluding hydrogens is 494 g/mol. The lowest BCUT2D eigenvalue weighted by Gasteiger charge is -2.10. The quantitative estimate of drug-likeness (QED) is 0.383. The molecule has 0 atom stereocenters. The van der Waals surface area contributed by atoms with Crippen molar-refractivity contribution < 1.29 is 28.2 Å². The second-order valence-electron chi connectivity index (χ2n) is 5.74. The zero-order chi connectivity index (χ0) is 21.1. The number of carbonyl (C=O) groups excluding carboxylic acids is 2. The Morgan fingerprint density at radius 3 is 2.24 bits per heavy atom. The number of hydrogen-bond donors (Lipinski definition) is 0. The summed E-state index contributed by atoms with van der Waals surface area (Å²) in [6, 6.07) is 11.8. The van der Waals surface area contributed by atoms with E-state index in [-0.39, 0.29) is 28.3 Å². The van der Waals surface area contributed by atoms with Crippen molar-refractivity contribution in [1.82, 2.24) is 9.78 Å². The molecule has 0 radical (unpaired) electrons. The minimum atomic E-state index is -0.816. The lowest BCUT2D eigenvalue weighted by atomic mass is 10.0. The third-order valence-electron chi connectivity index (χ3n) is 4.16. The second kappa shape index (κ2) is 8.60. The summed E-state index contributed by atoms with van der Waals surface area (Å²) in [5.41, 5.74) is 0.455. The number of nitrogens with zero attached hydrogens (tertiary/aromatic N) is 2. The summed E-state index contributed by atoms with van der Waals surface area (Å²) < 4.78 is 31.2. The molecule has 0 spiro atoms. The number of ether oxygens (including phenoxy) is 3. The van der Waals surface area contributed by atoms with E-state index in [0.29, 0.717) is 9.26 Å². The fourth-order valence-corrected chi connectivity index (χ4v) is 3.29. The molecule has 3 rings (SSSR count). The maximum absolute atomic E-state index is 14.6. The van der Waals surface area contributed by atoms with Gasteiger partial charge in [-0.2, -0.15) is 5.10 Å². The van der Waals surface area contributed by atoms with Gasteiger partial charge in [-0.1, -0.05) is 18.2 Å². The Labute approximate surface area is 179 Å². The van der Waals surface area contributed by atoms with Gasteiger partial charge >= 0.3 is 11.9 Å². The molecule has 0 bridgehead atoms. The molecule has 2 aromatic carbocycles. The second-order valence-corrected chi connectivity index (χ2v) is 6.91.